The molecule has 2 aromatic rings. The summed E-state index contributed by atoms with van der Waals surface area (Å²) in [4.78, 5) is 9.86. The zero-order chi connectivity index (χ0) is 11.7. The van der Waals surface area contributed by atoms with E-state index in [0.717, 1.165) is 18.9 Å². The Bertz CT molecular complexity index is 507. The van der Waals surface area contributed by atoms with Crippen LogP contribution in [0.1, 0.15) is 17.8 Å². The molecule has 0 saturated heterocycles. The van der Waals surface area contributed by atoms with Crippen molar-refractivity contribution in [2.24, 2.45) is 0 Å². The molecule has 0 amide bonds. The Labute approximate surface area is 109 Å². The van der Waals surface area contributed by atoms with Gasteiger partial charge >= 0.3 is 0 Å². The lowest BCUT2D eigenvalue weighted by Gasteiger charge is -2.31. The molecule has 3 rings (SSSR count). The Balaban J connectivity index is 1.94. The fraction of sp³-hybridized carbons (Fsp3) is 0.308. The second-order valence-electron chi connectivity index (χ2n) is 4.31. The molecule has 1 N–H and O–H groups in total. The van der Waals surface area contributed by atoms with Gasteiger partial charge in [-0.3, -0.25) is 0 Å². The van der Waals surface area contributed by atoms with E-state index in [2.05, 4.69) is 49.0 Å². The van der Waals surface area contributed by atoms with Gasteiger partial charge in [-0.05, 0) is 40.4 Å². The maximum Gasteiger partial charge on any atom is 0.125 e. The first kappa shape index (κ1) is 10.8. The zero-order valence-electron chi connectivity index (χ0n) is 9.49. The van der Waals surface area contributed by atoms with Crippen molar-refractivity contribution in [3.05, 3.63) is 46.5 Å². The fourth-order valence-electron chi connectivity index (χ4n) is 2.41. The first-order chi connectivity index (χ1) is 8.34. The maximum absolute atomic E-state index is 4.30. The van der Waals surface area contributed by atoms with Gasteiger partial charge in [0.1, 0.15) is 5.82 Å². The van der Waals surface area contributed by atoms with Crippen LogP contribution < -0.4 is 4.90 Å². The van der Waals surface area contributed by atoms with E-state index in [9.17, 15) is 0 Å². The second-order valence-corrected chi connectivity index (χ2v) is 5.16. The minimum absolute atomic E-state index is 0.850. The van der Waals surface area contributed by atoms with Crippen LogP contribution in [-0.4, -0.2) is 16.5 Å². The molecule has 0 saturated carbocycles. The van der Waals surface area contributed by atoms with Crippen LogP contribution in [0.5, 0.6) is 0 Å². The Kier molecular flexibility index (Phi) is 2.89. The van der Waals surface area contributed by atoms with Crippen molar-refractivity contribution >= 4 is 21.6 Å². The number of hydrogen-bond donors (Lipinski definition) is 1. The second kappa shape index (κ2) is 4.53. The number of imidazole rings is 1. The Hall–Kier alpha value is -1.29. The largest absolute Gasteiger partial charge is 0.363 e. The van der Waals surface area contributed by atoms with Crippen LogP contribution in [0.3, 0.4) is 0 Å². The number of para-hydroxylation sites is 1. The summed E-state index contributed by atoms with van der Waals surface area (Å²) < 4.78 is 1.18. The topological polar surface area (TPSA) is 31.9 Å². The molecular formula is C13H14BrN3. The maximum atomic E-state index is 4.30. The smallest absolute Gasteiger partial charge is 0.125 e. The predicted octanol–water partition coefficient (Wildman–Crippen LogP) is 3.12. The fourth-order valence-corrected chi connectivity index (χ4v) is 3.07. The SMILES string of the molecule is Brc1cccc2c1N(Cc1ncc[nH]1)CCC2. The van der Waals surface area contributed by atoms with Crippen molar-refractivity contribution in [2.45, 2.75) is 19.4 Å². The van der Waals surface area contributed by atoms with Crippen molar-refractivity contribution in [1.82, 2.24) is 9.97 Å². The van der Waals surface area contributed by atoms with Crippen molar-refractivity contribution in [2.75, 3.05) is 11.4 Å². The van der Waals surface area contributed by atoms with E-state index in [1.165, 1.54) is 28.6 Å². The van der Waals surface area contributed by atoms with Gasteiger partial charge in [0.25, 0.3) is 0 Å². The molecular weight excluding hydrogens is 278 g/mol. The van der Waals surface area contributed by atoms with Crippen molar-refractivity contribution < 1.29 is 0 Å². The van der Waals surface area contributed by atoms with Crippen LogP contribution in [-0.2, 0) is 13.0 Å². The van der Waals surface area contributed by atoms with Gasteiger partial charge in [0.05, 0.1) is 12.2 Å². The number of rotatable bonds is 2. The number of aromatic amines is 1. The molecule has 0 fully saturated rings. The van der Waals surface area contributed by atoms with Gasteiger partial charge in [0.15, 0.2) is 0 Å². The number of fused-ring (bicyclic) bond motifs is 1. The Morgan fingerprint density at radius 1 is 1.41 bits per heavy atom. The molecule has 1 aromatic heterocycles. The number of nitrogens with one attached hydrogen (secondary N) is 1. The molecule has 1 aromatic carbocycles. The van der Waals surface area contributed by atoms with E-state index >= 15 is 0 Å². The third kappa shape index (κ3) is 2.09. The van der Waals surface area contributed by atoms with Gasteiger partial charge < -0.3 is 9.88 Å². The summed E-state index contributed by atoms with van der Waals surface area (Å²) in [5, 5.41) is 0. The lowest BCUT2D eigenvalue weighted by molar-refractivity contribution is 0.676. The molecule has 0 atom stereocenters. The third-order valence-electron chi connectivity index (χ3n) is 3.16. The van der Waals surface area contributed by atoms with Gasteiger partial charge in [-0.25, -0.2) is 4.98 Å². The molecule has 88 valence electrons. The van der Waals surface area contributed by atoms with Crippen LogP contribution >= 0.6 is 15.9 Å². The van der Waals surface area contributed by atoms with E-state index in [4.69, 9.17) is 0 Å². The van der Waals surface area contributed by atoms with Gasteiger partial charge in [-0.2, -0.15) is 0 Å². The minimum atomic E-state index is 0.850. The number of aryl methyl sites for hydroxylation is 1. The van der Waals surface area contributed by atoms with Gasteiger partial charge in [0.2, 0.25) is 0 Å². The molecule has 1 aliphatic heterocycles. The quantitative estimate of drug-likeness (QED) is 0.922. The van der Waals surface area contributed by atoms with Crippen LogP contribution in [0, 0.1) is 0 Å². The highest BCUT2D eigenvalue weighted by Crippen LogP contribution is 2.34. The number of H-pyrrole nitrogens is 1. The Morgan fingerprint density at radius 2 is 2.35 bits per heavy atom. The average molecular weight is 292 g/mol. The number of aromatic nitrogens is 2. The van der Waals surface area contributed by atoms with Crippen molar-refractivity contribution in [3.63, 3.8) is 0 Å². The molecule has 1 aliphatic rings. The first-order valence-electron chi connectivity index (χ1n) is 5.85. The number of nitrogens with zero attached hydrogens (tertiary/aromatic N) is 2. The minimum Gasteiger partial charge on any atom is -0.363 e. The summed E-state index contributed by atoms with van der Waals surface area (Å²) >= 11 is 3.65. The summed E-state index contributed by atoms with van der Waals surface area (Å²) in [5.41, 5.74) is 2.76. The lowest BCUT2D eigenvalue weighted by atomic mass is 10.0. The highest BCUT2D eigenvalue weighted by atomic mass is 79.9. The van der Waals surface area contributed by atoms with Gasteiger partial charge in [-0.1, -0.05) is 12.1 Å². The number of halogens is 1. The molecule has 2 heterocycles. The number of benzene rings is 1. The van der Waals surface area contributed by atoms with Gasteiger partial charge in [0, 0.05) is 23.4 Å². The predicted molar refractivity (Wildman–Crippen MR) is 72.1 cm³/mol. The van der Waals surface area contributed by atoms with Crippen LogP contribution in [0.15, 0.2) is 35.1 Å². The Morgan fingerprint density at radius 3 is 3.18 bits per heavy atom. The van der Waals surface area contributed by atoms with Crippen molar-refractivity contribution in [1.29, 1.82) is 0 Å². The normalized spacial score (nSPS) is 14.8. The van der Waals surface area contributed by atoms with E-state index in [-0.39, 0.29) is 0 Å². The zero-order valence-corrected chi connectivity index (χ0v) is 11.1. The monoisotopic (exact) mass is 291 g/mol. The molecule has 0 radical (unpaired) electrons. The summed E-state index contributed by atoms with van der Waals surface area (Å²) in [6.07, 6.45) is 6.06. The summed E-state index contributed by atoms with van der Waals surface area (Å²) in [6.45, 7) is 1.94. The van der Waals surface area contributed by atoms with E-state index in [1.54, 1.807) is 6.20 Å². The molecule has 4 heteroatoms. The standard InChI is InChI=1S/C13H14BrN3/c14-11-5-1-3-10-4-2-8-17(13(10)11)9-12-15-6-7-16-12/h1,3,5-7H,2,4,8-9H2,(H,15,16). The highest BCUT2D eigenvalue weighted by Gasteiger charge is 2.19. The third-order valence-corrected chi connectivity index (χ3v) is 3.80. The summed E-state index contributed by atoms with van der Waals surface area (Å²) in [5.74, 6) is 1.02. The van der Waals surface area contributed by atoms with E-state index < -0.39 is 0 Å². The van der Waals surface area contributed by atoms with E-state index in [0.29, 0.717) is 0 Å². The molecule has 3 nitrogen and oxygen atoms in total. The summed E-state index contributed by atoms with van der Waals surface area (Å²) in [6, 6.07) is 6.44. The molecule has 0 bridgehead atoms. The highest BCUT2D eigenvalue weighted by molar-refractivity contribution is 9.10. The number of hydrogen-bond acceptors (Lipinski definition) is 2. The number of anilines is 1. The van der Waals surface area contributed by atoms with Gasteiger partial charge in [-0.15, -0.1) is 0 Å². The molecule has 0 aliphatic carbocycles. The molecule has 0 unspecified atom stereocenters. The average Bonchev–Trinajstić information content (AvgIpc) is 2.82. The summed E-state index contributed by atoms with van der Waals surface area (Å²) in [7, 11) is 0. The van der Waals surface area contributed by atoms with Crippen LogP contribution in [0.2, 0.25) is 0 Å². The first-order valence-corrected chi connectivity index (χ1v) is 6.64. The molecule has 17 heavy (non-hydrogen) atoms. The van der Waals surface area contributed by atoms with Crippen LogP contribution in [0.4, 0.5) is 5.69 Å². The lowest BCUT2D eigenvalue weighted by Crippen LogP contribution is -2.29. The van der Waals surface area contributed by atoms with Crippen LogP contribution in [0.25, 0.3) is 0 Å². The molecule has 0 spiro atoms. The van der Waals surface area contributed by atoms with E-state index in [1.807, 2.05) is 6.20 Å². The van der Waals surface area contributed by atoms with Crippen molar-refractivity contribution in [3.8, 4) is 0 Å².